The third-order valence-electron chi connectivity index (χ3n) is 5.17. The number of carbonyl (C=O) groups excluding carboxylic acids is 2. The van der Waals surface area contributed by atoms with Crippen LogP contribution in [0.15, 0.2) is 29.6 Å². The van der Waals surface area contributed by atoms with E-state index in [0.29, 0.717) is 23.1 Å². The Morgan fingerprint density at radius 1 is 1.24 bits per heavy atom. The van der Waals surface area contributed by atoms with E-state index in [0.717, 1.165) is 24.0 Å². The molecule has 0 radical (unpaired) electrons. The summed E-state index contributed by atoms with van der Waals surface area (Å²) in [5.74, 6) is -0.185. The lowest BCUT2D eigenvalue weighted by Gasteiger charge is -2.38. The number of amides is 2. The van der Waals surface area contributed by atoms with Crippen LogP contribution in [0.1, 0.15) is 49.2 Å². The minimum Gasteiger partial charge on any atom is -0.333 e. The summed E-state index contributed by atoms with van der Waals surface area (Å²) < 4.78 is 0. The molecule has 156 valence electrons. The summed E-state index contributed by atoms with van der Waals surface area (Å²) in [6, 6.07) is 7.22. The van der Waals surface area contributed by atoms with Crippen molar-refractivity contribution in [3.63, 3.8) is 0 Å². The summed E-state index contributed by atoms with van der Waals surface area (Å²) in [6.45, 7) is 7.01. The van der Waals surface area contributed by atoms with Crippen molar-refractivity contribution in [2.75, 3.05) is 19.6 Å². The summed E-state index contributed by atoms with van der Waals surface area (Å²) in [5, 5.41) is 3.17. The van der Waals surface area contributed by atoms with Gasteiger partial charge < -0.3 is 9.80 Å². The quantitative estimate of drug-likeness (QED) is 0.586. The first-order valence-corrected chi connectivity index (χ1v) is 11.6. The predicted octanol–water partition coefficient (Wildman–Crippen LogP) is 5.42. The molecule has 1 aliphatic heterocycles. The van der Waals surface area contributed by atoms with Gasteiger partial charge in [-0.25, -0.2) is 0 Å². The van der Waals surface area contributed by atoms with Gasteiger partial charge in [-0.2, -0.15) is 0 Å². The van der Waals surface area contributed by atoms with E-state index in [9.17, 15) is 9.59 Å². The first-order valence-electron chi connectivity index (χ1n) is 9.93. The van der Waals surface area contributed by atoms with Crippen molar-refractivity contribution < 1.29 is 9.59 Å². The monoisotopic (exact) mass is 452 g/mol. The zero-order chi connectivity index (χ0) is 21.1. The first kappa shape index (κ1) is 22.1. The topological polar surface area (TPSA) is 40.6 Å². The molecule has 29 heavy (non-hydrogen) atoms. The molecule has 0 saturated heterocycles. The van der Waals surface area contributed by atoms with Crippen LogP contribution in [0.4, 0.5) is 0 Å². The smallest absolute Gasteiger partial charge is 0.242 e. The Kier molecular flexibility index (Phi) is 7.25. The van der Waals surface area contributed by atoms with Crippen LogP contribution in [-0.4, -0.2) is 41.2 Å². The van der Waals surface area contributed by atoms with Crippen LogP contribution in [0.2, 0.25) is 10.0 Å². The molecule has 4 nitrogen and oxygen atoms in total. The lowest BCUT2D eigenvalue weighted by molar-refractivity contribution is -0.143. The normalized spacial score (nSPS) is 16.1. The maximum atomic E-state index is 13.4. The number of hydrogen-bond donors (Lipinski definition) is 0. The van der Waals surface area contributed by atoms with E-state index in [2.05, 4.69) is 11.4 Å². The van der Waals surface area contributed by atoms with Gasteiger partial charge in [-0.15, -0.1) is 11.3 Å². The van der Waals surface area contributed by atoms with Gasteiger partial charge in [0.05, 0.1) is 12.6 Å². The molecule has 0 spiro atoms. The van der Waals surface area contributed by atoms with Crippen molar-refractivity contribution in [1.82, 2.24) is 9.80 Å². The van der Waals surface area contributed by atoms with E-state index in [-0.39, 0.29) is 30.3 Å². The number of fused-ring (bicyclic) bond motifs is 1. The molecule has 2 aromatic rings. The zero-order valence-electron chi connectivity index (χ0n) is 17.0. The summed E-state index contributed by atoms with van der Waals surface area (Å²) in [7, 11) is 0. The highest BCUT2D eigenvalue weighted by atomic mass is 35.5. The fraction of sp³-hybridized carbons (Fsp3) is 0.455. The maximum Gasteiger partial charge on any atom is 0.242 e. The Morgan fingerprint density at radius 2 is 2.00 bits per heavy atom. The Morgan fingerprint density at radius 3 is 2.66 bits per heavy atom. The number of benzene rings is 1. The number of carbonyl (C=O) groups is 2. The first-order chi connectivity index (χ1) is 13.8. The third-order valence-corrected chi connectivity index (χ3v) is 6.73. The van der Waals surface area contributed by atoms with Gasteiger partial charge in [-0.3, -0.25) is 9.59 Å². The number of halogens is 2. The Balaban J connectivity index is 1.94. The Labute approximate surface area is 186 Å². The second-order valence-corrected chi connectivity index (χ2v) is 9.46. The van der Waals surface area contributed by atoms with Crippen molar-refractivity contribution in [3.05, 3.63) is 55.7 Å². The molecule has 0 saturated carbocycles. The van der Waals surface area contributed by atoms with Gasteiger partial charge in [0.2, 0.25) is 11.8 Å². The summed E-state index contributed by atoms with van der Waals surface area (Å²) >= 11 is 14.3. The SMILES string of the molecule is CCCN(CC(=O)N1CCc2sccc2C1c1ccc(Cl)cc1Cl)C(=O)C(C)C. The minimum absolute atomic E-state index is 0.00880. The second kappa shape index (κ2) is 9.50. The molecule has 0 aliphatic carbocycles. The average Bonchev–Trinajstić information content (AvgIpc) is 3.15. The van der Waals surface area contributed by atoms with Crippen LogP contribution < -0.4 is 0 Å². The molecule has 3 rings (SSSR count). The summed E-state index contributed by atoms with van der Waals surface area (Å²) in [4.78, 5) is 30.8. The number of thiophene rings is 1. The van der Waals surface area contributed by atoms with Crippen molar-refractivity contribution in [2.45, 2.75) is 39.7 Å². The van der Waals surface area contributed by atoms with Crippen LogP contribution >= 0.6 is 34.5 Å². The van der Waals surface area contributed by atoms with Crippen LogP contribution in [0.5, 0.6) is 0 Å². The van der Waals surface area contributed by atoms with E-state index >= 15 is 0 Å². The molecule has 1 unspecified atom stereocenters. The number of hydrogen-bond acceptors (Lipinski definition) is 3. The zero-order valence-corrected chi connectivity index (χ0v) is 19.3. The molecular weight excluding hydrogens is 427 g/mol. The van der Waals surface area contributed by atoms with E-state index in [1.165, 1.54) is 4.88 Å². The van der Waals surface area contributed by atoms with Gasteiger partial charge in [0, 0.05) is 33.9 Å². The Bertz CT molecular complexity index is 897. The molecule has 1 aromatic carbocycles. The van der Waals surface area contributed by atoms with E-state index in [4.69, 9.17) is 23.2 Å². The van der Waals surface area contributed by atoms with Crippen molar-refractivity contribution >= 4 is 46.4 Å². The largest absolute Gasteiger partial charge is 0.333 e. The lowest BCUT2D eigenvalue weighted by Crippen LogP contribution is -2.47. The molecule has 2 amide bonds. The molecule has 1 aliphatic rings. The average molecular weight is 453 g/mol. The molecule has 1 atom stereocenters. The van der Waals surface area contributed by atoms with Crippen LogP contribution in [0.3, 0.4) is 0 Å². The van der Waals surface area contributed by atoms with Gasteiger partial charge in [0.25, 0.3) is 0 Å². The predicted molar refractivity (Wildman–Crippen MR) is 120 cm³/mol. The molecule has 2 heterocycles. The number of rotatable bonds is 6. The van der Waals surface area contributed by atoms with E-state index in [1.807, 2.05) is 31.7 Å². The van der Waals surface area contributed by atoms with Crippen LogP contribution in [0, 0.1) is 5.92 Å². The summed E-state index contributed by atoms with van der Waals surface area (Å²) in [5.41, 5.74) is 1.97. The fourth-order valence-corrected chi connectivity index (χ4v) is 5.22. The van der Waals surface area contributed by atoms with Gasteiger partial charge in [0.1, 0.15) is 0 Å². The molecule has 0 fully saturated rings. The van der Waals surface area contributed by atoms with Crippen molar-refractivity contribution in [2.24, 2.45) is 5.92 Å². The van der Waals surface area contributed by atoms with Crippen LogP contribution in [0.25, 0.3) is 0 Å². The van der Waals surface area contributed by atoms with Gasteiger partial charge >= 0.3 is 0 Å². The van der Waals surface area contributed by atoms with Gasteiger partial charge in [0.15, 0.2) is 0 Å². The highest BCUT2D eigenvalue weighted by molar-refractivity contribution is 7.10. The van der Waals surface area contributed by atoms with Crippen LogP contribution in [-0.2, 0) is 16.0 Å². The second-order valence-electron chi connectivity index (χ2n) is 7.62. The fourth-order valence-electron chi connectivity index (χ4n) is 3.80. The maximum absolute atomic E-state index is 13.4. The lowest BCUT2D eigenvalue weighted by atomic mass is 9.93. The highest BCUT2D eigenvalue weighted by Gasteiger charge is 2.35. The van der Waals surface area contributed by atoms with Crippen molar-refractivity contribution in [1.29, 1.82) is 0 Å². The number of nitrogens with zero attached hydrogens (tertiary/aromatic N) is 2. The molecule has 0 N–H and O–H groups in total. The summed E-state index contributed by atoms with van der Waals surface area (Å²) in [6.07, 6.45) is 1.62. The molecule has 7 heteroatoms. The molecular formula is C22H26Cl2N2O2S. The molecule has 0 bridgehead atoms. The van der Waals surface area contributed by atoms with Crippen molar-refractivity contribution in [3.8, 4) is 0 Å². The molecule has 1 aromatic heterocycles. The highest BCUT2D eigenvalue weighted by Crippen LogP contribution is 2.41. The van der Waals surface area contributed by atoms with Gasteiger partial charge in [-0.05, 0) is 47.5 Å². The minimum atomic E-state index is -0.264. The van der Waals surface area contributed by atoms with E-state index < -0.39 is 0 Å². The Hall–Kier alpha value is -1.56. The standard InChI is InChI=1S/C22H26Cl2N2O2S/c1-4-9-25(22(28)14(2)3)13-20(27)26-10-7-19-17(8-11-29-19)21(26)16-6-5-15(23)12-18(16)24/h5-6,8,11-12,14,21H,4,7,9-10,13H2,1-3H3. The van der Waals surface area contributed by atoms with Gasteiger partial charge in [-0.1, -0.05) is 50.0 Å². The van der Waals surface area contributed by atoms with E-state index in [1.54, 1.807) is 28.4 Å². The third kappa shape index (κ3) is 4.79.